The smallest absolute Gasteiger partial charge is 0.0351 e. The maximum Gasteiger partial charge on any atom is 0.0351 e. The highest BCUT2D eigenvalue weighted by Crippen LogP contribution is 2.42. The molecular formula is C18H27N. The Balaban J connectivity index is 1.64. The van der Waals surface area contributed by atoms with E-state index < -0.39 is 0 Å². The van der Waals surface area contributed by atoms with E-state index in [0.29, 0.717) is 12.1 Å². The SMILES string of the molecule is C[C@@H](NC(c1ccccc1)C1CC1)C1CCCCC1. The van der Waals surface area contributed by atoms with Gasteiger partial charge in [-0.25, -0.2) is 0 Å². The Kier molecular flexibility index (Phi) is 4.22. The molecule has 2 aliphatic rings. The molecule has 1 nitrogen and oxygen atoms in total. The van der Waals surface area contributed by atoms with E-state index in [9.17, 15) is 0 Å². The van der Waals surface area contributed by atoms with Gasteiger partial charge in [-0.2, -0.15) is 0 Å². The molecule has 0 bridgehead atoms. The predicted octanol–water partition coefficient (Wildman–Crippen LogP) is 4.70. The summed E-state index contributed by atoms with van der Waals surface area (Å²) in [5.41, 5.74) is 1.49. The van der Waals surface area contributed by atoms with Gasteiger partial charge in [0.25, 0.3) is 0 Å². The molecule has 3 rings (SSSR count). The van der Waals surface area contributed by atoms with Crippen LogP contribution in [-0.2, 0) is 0 Å². The highest BCUT2D eigenvalue weighted by molar-refractivity contribution is 5.21. The zero-order valence-corrected chi connectivity index (χ0v) is 12.1. The molecule has 1 N–H and O–H groups in total. The fourth-order valence-electron chi connectivity index (χ4n) is 3.65. The summed E-state index contributed by atoms with van der Waals surface area (Å²) in [4.78, 5) is 0. The van der Waals surface area contributed by atoms with Crippen molar-refractivity contribution in [2.24, 2.45) is 11.8 Å². The van der Waals surface area contributed by atoms with Crippen LogP contribution >= 0.6 is 0 Å². The van der Waals surface area contributed by atoms with Crippen molar-refractivity contribution in [1.29, 1.82) is 0 Å². The van der Waals surface area contributed by atoms with Crippen molar-refractivity contribution in [3.63, 3.8) is 0 Å². The van der Waals surface area contributed by atoms with Crippen LogP contribution in [0, 0.1) is 11.8 Å². The average molecular weight is 257 g/mol. The summed E-state index contributed by atoms with van der Waals surface area (Å²) in [5.74, 6) is 1.78. The molecule has 2 fully saturated rings. The Hall–Kier alpha value is -0.820. The van der Waals surface area contributed by atoms with Crippen LogP contribution in [0.25, 0.3) is 0 Å². The van der Waals surface area contributed by atoms with Crippen molar-refractivity contribution in [3.8, 4) is 0 Å². The van der Waals surface area contributed by atoms with Crippen molar-refractivity contribution < 1.29 is 0 Å². The molecule has 2 saturated carbocycles. The molecular weight excluding hydrogens is 230 g/mol. The quantitative estimate of drug-likeness (QED) is 0.806. The first-order valence-corrected chi connectivity index (χ1v) is 8.15. The second kappa shape index (κ2) is 6.09. The Morgan fingerprint density at radius 3 is 2.21 bits per heavy atom. The Labute approximate surface area is 117 Å². The summed E-state index contributed by atoms with van der Waals surface area (Å²) in [6, 6.07) is 12.3. The van der Waals surface area contributed by atoms with Crippen LogP contribution in [0.2, 0.25) is 0 Å². The van der Waals surface area contributed by atoms with E-state index in [0.717, 1.165) is 11.8 Å². The number of rotatable bonds is 5. The van der Waals surface area contributed by atoms with Crippen LogP contribution in [0.3, 0.4) is 0 Å². The molecule has 1 aromatic rings. The summed E-state index contributed by atoms with van der Waals surface area (Å²) in [6.45, 7) is 2.41. The predicted molar refractivity (Wildman–Crippen MR) is 81.1 cm³/mol. The second-order valence-electron chi connectivity index (χ2n) is 6.58. The largest absolute Gasteiger partial charge is 0.307 e. The van der Waals surface area contributed by atoms with Crippen LogP contribution in [0.5, 0.6) is 0 Å². The van der Waals surface area contributed by atoms with Gasteiger partial charge in [-0.15, -0.1) is 0 Å². The molecule has 1 heteroatoms. The lowest BCUT2D eigenvalue weighted by Gasteiger charge is -2.32. The lowest BCUT2D eigenvalue weighted by molar-refractivity contribution is 0.257. The van der Waals surface area contributed by atoms with Gasteiger partial charge in [-0.3, -0.25) is 0 Å². The van der Waals surface area contributed by atoms with Crippen molar-refractivity contribution in [3.05, 3.63) is 35.9 Å². The Morgan fingerprint density at radius 2 is 1.58 bits per heavy atom. The third-order valence-electron chi connectivity index (χ3n) is 5.05. The zero-order chi connectivity index (χ0) is 13.1. The van der Waals surface area contributed by atoms with Gasteiger partial charge in [0.15, 0.2) is 0 Å². The van der Waals surface area contributed by atoms with Crippen LogP contribution in [0.4, 0.5) is 0 Å². The third kappa shape index (κ3) is 3.39. The van der Waals surface area contributed by atoms with E-state index in [-0.39, 0.29) is 0 Å². The minimum absolute atomic E-state index is 0.595. The van der Waals surface area contributed by atoms with Gasteiger partial charge in [0.05, 0.1) is 0 Å². The van der Waals surface area contributed by atoms with Crippen LogP contribution in [0.1, 0.15) is 63.5 Å². The van der Waals surface area contributed by atoms with Crippen molar-refractivity contribution >= 4 is 0 Å². The molecule has 0 amide bonds. The third-order valence-corrected chi connectivity index (χ3v) is 5.05. The van der Waals surface area contributed by atoms with Gasteiger partial charge in [-0.05, 0) is 50.0 Å². The number of hydrogen-bond acceptors (Lipinski definition) is 1. The minimum atomic E-state index is 0.595. The van der Waals surface area contributed by atoms with Crippen LogP contribution in [0.15, 0.2) is 30.3 Å². The molecule has 0 radical (unpaired) electrons. The van der Waals surface area contributed by atoms with Crippen molar-refractivity contribution in [2.45, 2.75) is 64.0 Å². The molecule has 19 heavy (non-hydrogen) atoms. The molecule has 1 aromatic carbocycles. The molecule has 2 atom stereocenters. The average Bonchev–Trinajstić information content (AvgIpc) is 3.31. The van der Waals surface area contributed by atoms with Gasteiger partial charge >= 0.3 is 0 Å². The summed E-state index contributed by atoms with van der Waals surface area (Å²) >= 11 is 0. The Bertz CT molecular complexity index is 376. The van der Waals surface area contributed by atoms with Gasteiger partial charge in [0, 0.05) is 12.1 Å². The molecule has 0 spiro atoms. The summed E-state index contributed by atoms with van der Waals surface area (Å²) < 4.78 is 0. The standard InChI is InChI=1S/C18H27N/c1-14(15-8-4-2-5-9-15)19-18(17-12-13-17)16-10-6-3-7-11-16/h3,6-7,10-11,14-15,17-19H,2,4-5,8-9,12-13H2,1H3/t14-,18?/m1/s1. The summed E-state index contributed by atoms with van der Waals surface area (Å²) in [6.07, 6.45) is 10.0. The van der Waals surface area contributed by atoms with E-state index in [2.05, 4.69) is 42.6 Å². The molecule has 0 aliphatic heterocycles. The molecule has 0 saturated heterocycles. The van der Waals surface area contributed by atoms with E-state index in [1.165, 1.54) is 50.5 Å². The minimum Gasteiger partial charge on any atom is -0.307 e. The van der Waals surface area contributed by atoms with Crippen LogP contribution in [-0.4, -0.2) is 6.04 Å². The summed E-state index contributed by atoms with van der Waals surface area (Å²) in [5, 5.41) is 3.96. The maximum absolute atomic E-state index is 3.96. The number of nitrogens with one attached hydrogen (secondary N) is 1. The topological polar surface area (TPSA) is 12.0 Å². The zero-order valence-electron chi connectivity index (χ0n) is 12.1. The fraction of sp³-hybridized carbons (Fsp3) is 0.667. The first-order valence-electron chi connectivity index (χ1n) is 8.15. The van der Waals surface area contributed by atoms with Gasteiger partial charge in [-0.1, -0.05) is 49.6 Å². The monoisotopic (exact) mass is 257 g/mol. The van der Waals surface area contributed by atoms with E-state index in [1.54, 1.807) is 0 Å². The van der Waals surface area contributed by atoms with E-state index in [1.807, 2.05) is 0 Å². The summed E-state index contributed by atoms with van der Waals surface area (Å²) in [7, 11) is 0. The molecule has 0 heterocycles. The lowest BCUT2D eigenvalue weighted by atomic mass is 9.84. The number of benzene rings is 1. The van der Waals surface area contributed by atoms with Crippen molar-refractivity contribution in [1.82, 2.24) is 5.32 Å². The first-order chi connectivity index (χ1) is 9.34. The molecule has 104 valence electrons. The normalized spacial score (nSPS) is 24.1. The van der Waals surface area contributed by atoms with Gasteiger partial charge in [0.1, 0.15) is 0 Å². The van der Waals surface area contributed by atoms with Crippen LogP contribution < -0.4 is 5.32 Å². The lowest BCUT2D eigenvalue weighted by Crippen LogP contribution is -2.38. The molecule has 0 aromatic heterocycles. The van der Waals surface area contributed by atoms with Gasteiger partial charge in [0.2, 0.25) is 0 Å². The Morgan fingerprint density at radius 1 is 0.895 bits per heavy atom. The molecule has 1 unspecified atom stereocenters. The first kappa shape index (κ1) is 13.2. The van der Waals surface area contributed by atoms with Crippen molar-refractivity contribution in [2.75, 3.05) is 0 Å². The van der Waals surface area contributed by atoms with E-state index >= 15 is 0 Å². The number of hydrogen-bond donors (Lipinski definition) is 1. The van der Waals surface area contributed by atoms with Gasteiger partial charge < -0.3 is 5.32 Å². The fourth-order valence-corrected chi connectivity index (χ4v) is 3.65. The molecule has 2 aliphatic carbocycles. The highest BCUT2D eigenvalue weighted by atomic mass is 15.0. The maximum atomic E-state index is 3.96. The second-order valence-corrected chi connectivity index (χ2v) is 6.58. The van der Waals surface area contributed by atoms with E-state index in [4.69, 9.17) is 0 Å². The highest BCUT2D eigenvalue weighted by Gasteiger charge is 2.34.